The fourth-order valence-electron chi connectivity index (χ4n) is 1.86. The van der Waals surface area contributed by atoms with E-state index in [0.717, 1.165) is 6.42 Å². The number of hydrogen-bond donors (Lipinski definition) is 1. The van der Waals surface area contributed by atoms with Crippen molar-refractivity contribution in [3.05, 3.63) is 23.4 Å². The van der Waals surface area contributed by atoms with Crippen LogP contribution in [0.3, 0.4) is 0 Å². The summed E-state index contributed by atoms with van der Waals surface area (Å²) in [5, 5.41) is 0. The molecule has 1 aliphatic carbocycles. The zero-order valence-corrected chi connectivity index (χ0v) is 7.59. The van der Waals surface area contributed by atoms with Crippen molar-refractivity contribution in [2.45, 2.75) is 32.1 Å². The Morgan fingerprint density at radius 1 is 1.42 bits per heavy atom. The smallest absolute Gasteiger partial charge is 0.123 e. The summed E-state index contributed by atoms with van der Waals surface area (Å²) in [6.07, 6.45) is 2.34. The van der Waals surface area contributed by atoms with E-state index in [1.54, 1.807) is 0 Å². The van der Waals surface area contributed by atoms with Crippen LogP contribution in [-0.2, 0) is 11.8 Å². The van der Waals surface area contributed by atoms with E-state index in [2.05, 4.69) is 24.9 Å². The van der Waals surface area contributed by atoms with Crippen molar-refractivity contribution < 1.29 is 0 Å². The first-order chi connectivity index (χ1) is 5.59. The van der Waals surface area contributed by atoms with Gasteiger partial charge in [-0.25, -0.2) is 4.98 Å². The Hall–Kier alpha value is -1.05. The lowest BCUT2D eigenvalue weighted by Gasteiger charge is -2.17. The third-order valence-corrected chi connectivity index (χ3v) is 2.66. The fraction of sp³-hybridized carbons (Fsp3) is 0.500. The average Bonchev–Trinajstić information content (AvgIpc) is 2.28. The highest BCUT2D eigenvalue weighted by atomic mass is 14.9. The molecule has 0 spiro atoms. The Labute approximate surface area is 72.8 Å². The fourth-order valence-corrected chi connectivity index (χ4v) is 1.86. The summed E-state index contributed by atoms with van der Waals surface area (Å²) in [5.74, 6) is 0.642. The summed E-state index contributed by atoms with van der Waals surface area (Å²) >= 11 is 0. The van der Waals surface area contributed by atoms with Crippen LogP contribution < -0.4 is 5.73 Å². The van der Waals surface area contributed by atoms with Crippen LogP contribution in [-0.4, -0.2) is 4.98 Å². The first-order valence-corrected chi connectivity index (χ1v) is 4.35. The number of hydrogen-bond acceptors (Lipinski definition) is 2. The first-order valence-electron chi connectivity index (χ1n) is 4.35. The van der Waals surface area contributed by atoms with E-state index in [4.69, 9.17) is 5.73 Å². The predicted molar refractivity (Wildman–Crippen MR) is 50.0 cm³/mol. The molecule has 2 rings (SSSR count). The Kier molecular flexibility index (Phi) is 1.40. The number of aryl methyl sites for hydroxylation is 1. The zero-order valence-electron chi connectivity index (χ0n) is 7.59. The van der Waals surface area contributed by atoms with Gasteiger partial charge >= 0.3 is 0 Å². The average molecular weight is 162 g/mol. The van der Waals surface area contributed by atoms with E-state index in [9.17, 15) is 0 Å². The minimum atomic E-state index is 0.227. The Morgan fingerprint density at radius 2 is 2.17 bits per heavy atom. The van der Waals surface area contributed by atoms with E-state index >= 15 is 0 Å². The van der Waals surface area contributed by atoms with Crippen LogP contribution >= 0.6 is 0 Å². The van der Waals surface area contributed by atoms with Crippen molar-refractivity contribution in [3.63, 3.8) is 0 Å². The number of aromatic nitrogens is 1. The SMILES string of the molecule is CC1(C)CCc2ccc(N)nc21. The Bertz CT molecular complexity index is 316. The highest BCUT2D eigenvalue weighted by molar-refractivity contribution is 5.40. The van der Waals surface area contributed by atoms with E-state index < -0.39 is 0 Å². The summed E-state index contributed by atoms with van der Waals surface area (Å²) in [7, 11) is 0. The van der Waals surface area contributed by atoms with E-state index in [1.807, 2.05) is 6.07 Å². The molecule has 0 aromatic carbocycles. The van der Waals surface area contributed by atoms with Gasteiger partial charge in [0.15, 0.2) is 0 Å². The molecule has 1 aliphatic rings. The third kappa shape index (κ3) is 0.986. The molecule has 2 N–H and O–H groups in total. The van der Waals surface area contributed by atoms with Crippen LogP contribution in [0.1, 0.15) is 31.5 Å². The largest absolute Gasteiger partial charge is 0.384 e. The van der Waals surface area contributed by atoms with Gasteiger partial charge in [-0.15, -0.1) is 0 Å². The number of pyridine rings is 1. The highest BCUT2D eigenvalue weighted by Crippen LogP contribution is 2.36. The van der Waals surface area contributed by atoms with E-state index in [0.29, 0.717) is 5.82 Å². The molecule has 0 saturated carbocycles. The van der Waals surface area contributed by atoms with Crippen LogP contribution in [0.15, 0.2) is 12.1 Å². The van der Waals surface area contributed by atoms with E-state index in [1.165, 1.54) is 17.7 Å². The molecule has 1 aromatic rings. The second kappa shape index (κ2) is 2.22. The van der Waals surface area contributed by atoms with Gasteiger partial charge in [0, 0.05) is 5.41 Å². The van der Waals surface area contributed by atoms with Gasteiger partial charge < -0.3 is 5.73 Å². The summed E-state index contributed by atoms with van der Waals surface area (Å²) in [6.45, 7) is 4.45. The van der Waals surface area contributed by atoms with Crippen molar-refractivity contribution in [1.29, 1.82) is 0 Å². The van der Waals surface area contributed by atoms with Crippen molar-refractivity contribution in [2.24, 2.45) is 0 Å². The lowest BCUT2D eigenvalue weighted by atomic mass is 9.90. The van der Waals surface area contributed by atoms with Gasteiger partial charge in [0.2, 0.25) is 0 Å². The number of nitrogens with two attached hydrogens (primary N) is 1. The molecular formula is C10H14N2. The molecule has 0 unspecified atom stereocenters. The summed E-state index contributed by atoms with van der Waals surface area (Å²) in [6, 6.07) is 3.99. The van der Waals surface area contributed by atoms with Crippen LogP contribution in [0, 0.1) is 0 Å². The molecule has 0 bridgehead atoms. The number of rotatable bonds is 0. The molecule has 12 heavy (non-hydrogen) atoms. The van der Waals surface area contributed by atoms with Gasteiger partial charge in [-0.3, -0.25) is 0 Å². The molecular weight excluding hydrogens is 148 g/mol. The van der Waals surface area contributed by atoms with Gasteiger partial charge in [0.25, 0.3) is 0 Å². The minimum absolute atomic E-state index is 0.227. The normalized spacial score (nSPS) is 19.2. The van der Waals surface area contributed by atoms with Gasteiger partial charge in [-0.2, -0.15) is 0 Å². The molecule has 1 aromatic heterocycles. The van der Waals surface area contributed by atoms with Crippen LogP contribution in [0.5, 0.6) is 0 Å². The van der Waals surface area contributed by atoms with Crippen molar-refractivity contribution >= 4 is 5.82 Å². The molecule has 0 aliphatic heterocycles. The maximum atomic E-state index is 5.64. The summed E-state index contributed by atoms with van der Waals surface area (Å²) in [5.41, 5.74) is 8.43. The second-order valence-electron chi connectivity index (χ2n) is 4.13. The minimum Gasteiger partial charge on any atom is -0.384 e. The Morgan fingerprint density at radius 3 is 2.92 bits per heavy atom. The van der Waals surface area contributed by atoms with Crippen molar-refractivity contribution in [1.82, 2.24) is 4.98 Å². The number of nitrogens with zero attached hydrogens (tertiary/aromatic N) is 1. The number of anilines is 1. The molecule has 64 valence electrons. The van der Waals surface area contributed by atoms with Crippen molar-refractivity contribution in [2.75, 3.05) is 5.73 Å². The van der Waals surface area contributed by atoms with Crippen LogP contribution in [0.4, 0.5) is 5.82 Å². The molecule has 0 fully saturated rings. The van der Waals surface area contributed by atoms with E-state index in [-0.39, 0.29) is 5.41 Å². The summed E-state index contributed by atoms with van der Waals surface area (Å²) in [4.78, 5) is 4.38. The first kappa shape index (κ1) is 7.59. The van der Waals surface area contributed by atoms with Crippen molar-refractivity contribution in [3.8, 4) is 0 Å². The second-order valence-corrected chi connectivity index (χ2v) is 4.13. The molecule has 0 amide bonds. The van der Waals surface area contributed by atoms with Crippen LogP contribution in [0.25, 0.3) is 0 Å². The third-order valence-electron chi connectivity index (χ3n) is 2.66. The maximum Gasteiger partial charge on any atom is 0.123 e. The highest BCUT2D eigenvalue weighted by Gasteiger charge is 2.31. The van der Waals surface area contributed by atoms with Gasteiger partial charge in [-0.05, 0) is 24.5 Å². The molecule has 0 atom stereocenters. The maximum absolute atomic E-state index is 5.64. The number of fused-ring (bicyclic) bond motifs is 1. The predicted octanol–water partition coefficient (Wildman–Crippen LogP) is 1.89. The number of nitrogen functional groups attached to an aromatic ring is 1. The molecule has 2 nitrogen and oxygen atoms in total. The quantitative estimate of drug-likeness (QED) is 0.632. The summed E-state index contributed by atoms with van der Waals surface area (Å²) < 4.78 is 0. The monoisotopic (exact) mass is 162 g/mol. The van der Waals surface area contributed by atoms with Gasteiger partial charge in [0.1, 0.15) is 5.82 Å². The Balaban J connectivity index is 2.57. The molecule has 0 saturated heterocycles. The molecule has 1 heterocycles. The van der Waals surface area contributed by atoms with Gasteiger partial charge in [0.05, 0.1) is 5.69 Å². The van der Waals surface area contributed by atoms with Gasteiger partial charge in [-0.1, -0.05) is 19.9 Å². The topological polar surface area (TPSA) is 38.9 Å². The van der Waals surface area contributed by atoms with Crippen LogP contribution in [0.2, 0.25) is 0 Å². The molecule has 2 heteroatoms. The molecule has 0 radical (unpaired) electrons. The zero-order chi connectivity index (χ0) is 8.77. The lowest BCUT2D eigenvalue weighted by Crippen LogP contribution is -2.14. The lowest BCUT2D eigenvalue weighted by molar-refractivity contribution is 0.510. The standard InChI is InChI=1S/C10H14N2/c1-10(2)6-5-7-3-4-8(11)12-9(7)10/h3-4H,5-6H2,1-2H3,(H2,11,12).